The van der Waals surface area contributed by atoms with Gasteiger partial charge in [-0.05, 0) is 43.1 Å². The highest BCUT2D eigenvalue weighted by Crippen LogP contribution is 2.19. The van der Waals surface area contributed by atoms with E-state index in [2.05, 4.69) is 37.8 Å². The Morgan fingerprint density at radius 2 is 1.87 bits per heavy atom. The summed E-state index contributed by atoms with van der Waals surface area (Å²) in [4.78, 5) is 0. The molecule has 90 valence electrons. The highest BCUT2D eigenvalue weighted by molar-refractivity contribution is 7.99. The van der Waals surface area contributed by atoms with Crippen molar-refractivity contribution in [3.63, 3.8) is 0 Å². The molecule has 0 amide bonds. The maximum atomic E-state index is 3.86. The Kier molecular flexibility index (Phi) is 6.74. The van der Waals surface area contributed by atoms with E-state index in [1.54, 1.807) is 0 Å². The van der Waals surface area contributed by atoms with Gasteiger partial charge in [-0.2, -0.15) is 11.8 Å². The monoisotopic (exact) mass is 229 g/mol. The first kappa shape index (κ1) is 13.4. The second-order valence-electron chi connectivity index (χ2n) is 4.91. The van der Waals surface area contributed by atoms with Crippen LogP contribution in [0.15, 0.2) is 0 Å². The lowest BCUT2D eigenvalue weighted by Crippen LogP contribution is -2.40. The normalized spacial score (nSPS) is 22.6. The van der Waals surface area contributed by atoms with Gasteiger partial charge in [0.15, 0.2) is 0 Å². The van der Waals surface area contributed by atoms with Gasteiger partial charge in [0.25, 0.3) is 0 Å². The van der Waals surface area contributed by atoms with E-state index in [9.17, 15) is 0 Å². The molecule has 1 aliphatic rings. The van der Waals surface area contributed by atoms with E-state index < -0.39 is 0 Å². The molecule has 2 unspecified atom stereocenters. The first-order valence-corrected chi connectivity index (χ1v) is 7.75. The molecule has 0 spiro atoms. The van der Waals surface area contributed by atoms with Crippen LogP contribution in [0.1, 0.15) is 52.9 Å². The zero-order chi connectivity index (χ0) is 11.1. The Hall–Kier alpha value is 0.310. The summed E-state index contributed by atoms with van der Waals surface area (Å²) in [6, 6.07) is 1.56. The van der Waals surface area contributed by atoms with Gasteiger partial charge in [-0.1, -0.05) is 27.2 Å². The lowest BCUT2D eigenvalue weighted by molar-refractivity contribution is 0.337. The van der Waals surface area contributed by atoms with E-state index in [0.717, 1.165) is 18.0 Å². The maximum Gasteiger partial charge on any atom is 0.00853 e. The molecule has 0 aromatic heterocycles. The largest absolute Gasteiger partial charge is 0.311 e. The second-order valence-corrected chi connectivity index (χ2v) is 6.13. The van der Waals surface area contributed by atoms with Gasteiger partial charge in [0.1, 0.15) is 0 Å². The summed E-state index contributed by atoms with van der Waals surface area (Å²) in [6.07, 6.45) is 6.71. The molecule has 0 saturated carbocycles. The Morgan fingerprint density at radius 1 is 1.20 bits per heavy atom. The predicted molar refractivity (Wildman–Crippen MR) is 71.6 cm³/mol. The summed E-state index contributed by atoms with van der Waals surface area (Å²) >= 11 is 2.11. The van der Waals surface area contributed by atoms with Crippen molar-refractivity contribution < 1.29 is 0 Å². The Bertz CT molecular complexity index is 155. The van der Waals surface area contributed by atoms with Crippen molar-refractivity contribution in [3.8, 4) is 0 Å². The Balaban J connectivity index is 2.25. The molecule has 2 heteroatoms. The molecular weight excluding hydrogens is 202 g/mol. The fourth-order valence-corrected chi connectivity index (χ4v) is 3.31. The smallest absolute Gasteiger partial charge is 0.00853 e. The van der Waals surface area contributed by atoms with Crippen molar-refractivity contribution in [2.75, 3.05) is 11.5 Å². The van der Waals surface area contributed by atoms with Gasteiger partial charge in [0.2, 0.25) is 0 Å². The molecule has 0 aromatic carbocycles. The van der Waals surface area contributed by atoms with Crippen molar-refractivity contribution in [3.05, 3.63) is 0 Å². The van der Waals surface area contributed by atoms with E-state index in [-0.39, 0.29) is 0 Å². The molecule has 1 fully saturated rings. The molecule has 0 radical (unpaired) electrons. The van der Waals surface area contributed by atoms with Gasteiger partial charge in [-0.3, -0.25) is 0 Å². The molecule has 0 bridgehead atoms. The molecule has 15 heavy (non-hydrogen) atoms. The van der Waals surface area contributed by atoms with Crippen molar-refractivity contribution in [2.45, 2.75) is 65.0 Å². The minimum Gasteiger partial charge on any atom is -0.311 e. The van der Waals surface area contributed by atoms with Crippen LogP contribution >= 0.6 is 11.8 Å². The van der Waals surface area contributed by atoms with Crippen LogP contribution in [0.2, 0.25) is 0 Å². The molecule has 0 aromatic rings. The standard InChI is InChI=1S/C13H27NS/c1-4-11(3)10-12(5-2)14-13-6-8-15-9-7-13/h11-14H,4-10H2,1-3H3. The molecule has 0 aliphatic carbocycles. The molecule has 1 nitrogen and oxygen atoms in total. The van der Waals surface area contributed by atoms with E-state index in [1.807, 2.05) is 0 Å². The fourth-order valence-electron chi connectivity index (χ4n) is 2.20. The van der Waals surface area contributed by atoms with Crippen molar-refractivity contribution in [1.29, 1.82) is 0 Å². The zero-order valence-corrected chi connectivity index (χ0v) is 11.4. The van der Waals surface area contributed by atoms with Gasteiger partial charge in [-0.25, -0.2) is 0 Å². The third kappa shape index (κ3) is 5.26. The second kappa shape index (κ2) is 7.56. The van der Waals surface area contributed by atoms with Gasteiger partial charge < -0.3 is 5.32 Å². The summed E-state index contributed by atoms with van der Waals surface area (Å²) in [6.45, 7) is 6.99. The number of rotatable bonds is 6. The lowest BCUT2D eigenvalue weighted by Gasteiger charge is -2.29. The first-order chi connectivity index (χ1) is 7.26. The quantitative estimate of drug-likeness (QED) is 0.745. The van der Waals surface area contributed by atoms with Crippen LogP contribution in [0.5, 0.6) is 0 Å². The number of hydrogen-bond donors (Lipinski definition) is 1. The number of thioether (sulfide) groups is 1. The fraction of sp³-hybridized carbons (Fsp3) is 1.00. The van der Waals surface area contributed by atoms with Crippen LogP contribution in [0, 0.1) is 5.92 Å². The summed E-state index contributed by atoms with van der Waals surface area (Å²) in [5, 5.41) is 3.86. The topological polar surface area (TPSA) is 12.0 Å². The number of nitrogens with one attached hydrogen (secondary N) is 1. The highest BCUT2D eigenvalue weighted by atomic mass is 32.2. The SMILES string of the molecule is CCC(C)CC(CC)NC1CCSCC1. The highest BCUT2D eigenvalue weighted by Gasteiger charge is 2.18. The summed E-state index contributed by atoms with van der Waals surface area (Å²) in [7, 11) is 0. The van der Waals surface area contributed by atoms with Crippen LogP contribution in [-0.4, -0.2) is 23.6 Å². The van der Waals surface area contributed by atoms with Crippen LogP contribution in [0.4, 0.5) is 0 Å². The van der Waals surface area contributed by atoms with Gasteiger partial charge in [0, 0.05) is 12.1 Å². The minimum absolute atomic E-state index is 0.757. The number of hydrogen-bond acceptors (Lipinski definition) is 2. The third-order valence-corrected chi connectivity index (χ3v) is 4.62. The average molecular weight is 229 g/mol. The summed E-state index contributed by atoms with van der Waals surface area (Å²) in [5.74, 6) is 3.59. The molecule has 1 heterocycles. The van der Waals surface area contributed by atoms with E-state index in [0.29, 0.717) is 0 Å². The van der Waals surface area contributed by atoms with Gasteiger partial charge in [0.05, 0.1) is 0 Å². The Morgan fingerprint density at radius 3 is 2.40 bits per heavy atom. The average Bonchev–Trinajstić information content (AvgIpc) is 2.29. The first-order valence-electron chi connectivity index (χ1n) is 6.60. The molecular formula is C13H27NS. The van der Waals surface area contributed by atoms with Crippen molar-refractivity contribution in [1.82, 2.24) is 5.32 Å². The van der Waals surface area contributed by atoms with E-state index >= 15 is 0 Å². The Labute approximate surface area is 99.8 Å². The lowest BCUT2D eigenvalue weighted by atomic mass is 9.96. The third-order valence-electron chi connectivity index (χ3n) is 3.57. The zero-order valence-electron chi connectivity index (χ0n) is 10.6. The maximum absolute atomic E-state index is 3.86. The van der Waals surface area contributed by atoms with Crippen molar-refractivity contribution in [2.24, 2.45) is 5.92 Å². The van der Waals surface area contributed by atoms with Crippen LogP contribution < -0.4 is 5.32 Å². The molecule has 1 aliphatic heterocycles. The van der Waals surface area contributed by atoms with Crippen LogP contribution in [0.3, 0.4) is 0 Å². The van der Waals surface area contributed by atoms with Gasteiger partial charge in [-0.15, -0.1) is 0 Å². The predicted octanol–water partition coefficient (Wildman–Crippen LogP) is 3.69. The van der Waals surface area contributed by atoms with E-state index in [1.165, 1.54) is 43.6 Å². The summed E-state index contributed by atoms with van der Waals surface area (Å²) in [5.41, 5.74) is 0. The molecule has 1 rings (SSSR count). The minimum atomic E-state index is 0.757. The van der Waals surface area contributed by atoms with Crippen LogP contribution in [-0.2, 0) is 0 Å². The summed E-state index contributed by atoms with van der Waals surface area (Å²) < 4.78 is 0. The van der Waals surface area contributed by atoms with Gasteiger partial charge >= 0.3 is 0 Å². The van der Waals surface area contributed by atoms with Crippen molar-refractivity contribution >= 4 is 11.8 Å². The molecule has 1 saturated heterocycles. The molecule has 1 N–H and O–H groups in total. The molecule has 2 atom stereocenters. The van der Waals surface area contributed by atoms with E-state index in [4.69, 9.17) is 0 Å². The van der Waals surface area contributed by atoms with Crippen LogP contribution in [0.25, 0.3) is 0 Å².